The van der Waals surface area contributed by atoms with Gasteiger partial charge in [-0.3, -0.25) is 0 Å². The monoisotopic (exact) mass is 84.0 g/mol. The van der Waals surface area contributed by atoms with Crippen molar-refractivity contribution in [3.8, 4) is 12.4 Å². The maximum atomic E-state index is 7.10. The predicted molar refractivity (Wildman–Crippen MR) is 19.6 cm³/mol. The van der Waals surface area contributed by atoms with Crippen LogP contribution in [0.3, 0.4) is 0 Å². The first kappa shape index (κ1) is 8.82. The fourth-order valence-electron chi connectivity index (χ4n) is 0. The van der Waals surface area contributed by atoms with Crippen molar-refractivity contribution < 1.29 is 0 Å². The molecule has 0 aliphatic rings. The minimum Gasteiger partial charge on any atom is -0.337 e. The van der Waals surface area contributed by atoms with E-state index in [9.17, 15) is 0 Å². The van der Waals surface area contributed by atoms with Crippen LogP contribution in [0.2, 0.25) is 0 Å². The van der Waals surface area contributed by atoms with E-state index in [4.69, 9.17) is 10.5 Å². The maximum absolute atomic E-state index is 7.10. The molecule has 0 radical (unpaired) electrons. The summed E-state index contributed by atoms with van der Waals surface area (Å²) in [6.07, 6.45) is 2.50. The van der Waals surface area contributed by atoms with E-state index in [1.54, 1.807) is 0 Å². The van der Waals surface area contributed by atoms with Gasteiger partial charge in [-0.2, -0.15) is 10.5 Å². The van der Waals surface area contributed by atoms with Crippen molar-refractivity contribution in [3.63, 3.8) is 0 Å². The largest absolute Gasteiger partial charge is 0.337 e. The molecule has 0 aromatic carbocycles. The van der Waals surface area contributed by atoms with Gasteiger partial charge in [0.1, 0.15) is 0 Å². The first-order chi connectivity index (χ1) is 2.83. The predicted octanol–water partition coefficient (Wildman–Crippen LogP) is -1.15. The normalized spacial score (nSPS) is 2.33. The molecule has 0 amide bonds. The van der Waals surface area contributed by atoms with Gasteiger partial charge in [-0.05, 0) is 0 Å². The van der Waals surface area contributed by atoms with Gasteiger partial charge in [-0.15, -0.1) is 0 Å². The molecule has 0 aliphatic heterocycles. The van der Waals surface area contributed by atoms with E-state index < -0.39 is 0 Å². The molecule has 4 heteroatoms. The second kappa shape index (κ2) is 70.8. The minimum atomic E-state index is 1.25. The highest BCUT2D eigenvalue weighted by atomic mass is 14.5. The van der Waals surface area contributed by atoms with Crippen LogP contribution in [-0.2, 0) is 0 Å². The van der Waals surface area contributed by atoms with Gasteiger partial charge in [-0.25, -0.2) is 0 Å². The first-order valence-electron chi connectivity index (χ1n) is 1.02. The van der Waals surface area contributed by atoms with Gasteiger partial charge in [0.25, 0.3) is 0 Å². The zero-order valence-electron chi connectivity index (χ0n) is 3.05. The Hall–Kier alpha value is -1.42. The molecule has 0 bridgehead atoms. The third-order valence-electron chi connectivity index (χ3n) is 0. The summed E-state index contributed by atoms with van der Waals surface area (Å²) in [5.41, 5.74) is 8.31. The fraction of sp³-hybridized carbons (Fsp3) is 0. The average molecular weight is 84.1 g/mol. The van der Waals surface area contributed by atoms with E-state index in [1.165, 1.54) is 12.4 Å². The quantitative estimate of drug-likeness (QED) is 0.286. The molecular formula is C2H4N4. The molecule has 0 saturated carbocycles. The number of nitrogens with zero attached hydrogens (tertiary/aromatic N) is 2. The van der Waals surface area contributed by atoms with Crippen LogP contribution in [0.5, 0.6) is 0 Å². The Morgan fingerprint density at radius 2 is 1.00 bits per heavy atom. The lowest BCUT2D eigenvalue weighted by atomic mass is 11.5. The molecule has 0 aromatic rings. The summed E-state index contributed by atoms with van der Waals surface area (Å²) in [5, 5.41) is 14.2. The summed E-state index contributed by atoms with van der Waals surface area (Å²) < 4.78 is 0. The molecule has 0 atom stereocenters. The molecule has 0 rings (SSSR count). The van der Waals surface area contributed by atoms with E-state index in [0.717, 1.165) is 0 Å². The Kier molecular flexibility index (Phi) is 104. The van der Waals surface area contributed by atoms with E-state index in [1.807, 2.05) is 0 Å². The van der Waals surface area contributed by atoms with Crippen LogP contribution >= 0.6 is 0 Å². The summed E-state index contributed by atoms with van der Waals surface area (Å²) >= 11 is 0. The number of nitriles is 2. The topological polar surface area (TPSA) is 99.6 Å². The SMILES string of the molecule is N#CN.N#CN. The van der Waals surface area contributed by atoms with Crippen molar-refractivity contribution in [1.29, 1.82) is 10.5 Å². The summed E-state index contributed by atoms with van der Waals surface area (Å²) in [5.74, 6) is 0. The number of hydrogen-bond donors (Lipinski definition) is 2. The fourth-order valence-corrected chi connectivity index (χ4v) is 0. The standard InChI is InChI=1S/2CH2N2/c2*2-1-3/h2*2H2. The van der Waals surface area contributed by atoms with Crippen LogP contribution in [0.4, 0.5) is 0 Å². The summed E-state index contributed by atoms with van der Waals surface area (Å²) in [4.78, 5) is 0. The molecule has 0 aromatic heterocycles. The number of hydrogen-bond acceptors (Lipinski definition) is 4. The highest BCUT2D eigenvalue weighted by Gasteiger charge is 1.12. The summed E-state index contributed by atoms with van der Waals surface area (Å²) in [7, 11) is 0. The van der Waals surface area contributed by atoms with E-state index in [2.05, 4.69) is 11.5 Å². The molecule has 0 heterocycles. The van der Waals surface area contributed by atoms with Crippen molar-refractivity contribution in [2.45, 2.75) is 0 Å². The zero-order valence-corrected chi connectivity index (χ0v) is 3.05. The Labute approximate surface area is 35.6 Å². The van der Waals surface area contributed by atoms with Gasteiger partial charge >= 0.3 is 0 Å². The van der Waals surface area contributed by atoms with Crippen LogP contribution < -0.4 is 11.5 Å². The van der Waals surface area contributed by atoms with Gasteiger partial charge < -0.3 is 11.5 Å². The summed E-state index contributed by atoms with van der Waals surface area (Å²) in [6.45, 7) is 0. The van der Waals surface area contributed by atoms with Crippen molar-refractivity contribution in [2.24, 2.45) is 11.5 Å². The van der Waals surface area contributed by atoms with Crippen molar-refractivity contribution >= 4 is 0 Å². The van der Waals surface area contributed by atoms with Crippen LogP contribution in [-0.4, -0.2) is 0 Å². The molecule has 0 fully saturated rings. The molecule has 0 saturated heterocycles. The van der Waals surface area contributed by atoms with Crippen LogP contribution in [0.1, 0.15) is 0 Å². The van der Waals surface area contributed by atoms with Crippen molar-refractivity contribution in [1.82, 2.24) is 0 Å². The van der Waals surface area contributed by atoms with Crippen LogP contribution in [0.15, 0.2) is 0 Å². The van der Waals surface area contributed by atoms with E-state index in [0.29, 0.717) is 0 Å². The molecule has 32 valence electrons. The van der Waals surface area contributed by atoms with E-state index in [-0.39, 0.29) is 0 Å². The lowest BCUT2D eigenvalue weighted by Gasteiger charge is -1.24. The number of nitrogens with two attached hydrogens (primary N) is 2. The zero-order chi connectivity index (χ0) is 5.41. The smallest absolute Gasteiger partial charge is 0.173 e. The molecule has 0 spiro atoms. The number of rotatable bonds is 0. The third-order valence-corrected chi connectivity index (χ3v) is 0. The van der Waals surface area contributed by atoms with Gasteiger partial charge in [0, 0.05) is 0 Å². The van der Waals surface area contributed by atoms with Gasteiger partial charge in [0.2, 0.25) is 0 Å². The minimum absolute atomic E-state index is 1.25. The third kappa shape index (κ3) is 3.19. The Morgan fingerprint density at radius 3 is 1.00 bits per heavy atom. The molecule has 4 N–H and O–H groups in total. The van der Waals surface area contributed by atoms with E-state index >= 15 is 0 Å². The summed E-state index contributed by atoms with van der Waals surface area (Å²) in [6, 6.07) is 0. The highest BCUT2D eigenvalue weighted by Crippen LogP contribution is 0.903. The van der Waals surface area contributed by atoms with Gasteiger partial charge in [-0.1, -0.05) is 0 Å². The second-order valence-corrected chi connectivity index (χ2v) is 0.258. The highest BCUT2D eigenvalue weighted by molar-refractivity contribution is 4.47. The van der Waals surface area contributed by atoms with Crippen LogP contribution in [0, 0.1) is 22.9 Å². The first-order valence-corrected chi connectivity index (χ1v) is 1.02. The molecule has 6 heavy (non-hydrogen) atoms. The molecular weight excluding hydrogens is 80.0 g/mol. The Balaban J connectivity index is 0. The van der Waals surface area contributed by atoms with Gasteiger partial charge in [0.15, 0.2) is 12.4 Å². The molecule has 4 nitrogen and oxygen atoms in total. The Bertz CT molecular complexity index is 60.5. The lowest BCUT2D eigenvalue weighted by Crippen LogP contribution is -1.69. The van der Waals surface area contributed by atoms with Crippen LogP contribution in [0.25, 0.3) is 0 Å². The molecule has 0 aliphatic carbocycles. The lowest BCUT2D eigenvalue weighted by molar-refractivity contribution is 1.45. The van der Waals surface area contributed by atoms with Crippen molar-refractivity contribution in [3.05, 3.63) is 0 Å². The molecule has 0 unspecified atom stereocenters. The Morgan fingerprint density at radius 1 is 1.00 bits per heavy atom. The van der Waals surface area contributed by atoms with Crippen molar-refractivity contribution in [2.75, 3.05) is 0 Å². The average Bonchev–Trinajstić information content (AvgIpc) is 1.39. The second-order valence-electron chi connectivity index (χ2n) is 0.258. The maximum Gasteiger partial charge on any atom is 0.173 e. The van der Waals surface area contributed by atoms with Gasteiger partial charge in [0.05, 0.1) is 0 Å².